The number of sulfone groups is 1. The molecule has 0 unspecified atom stereocenters. The molecule has 0 saturated heterocycles. The molecule has 2 aromatic carbocycles. The van der Waals surface area contributed by atoms with Gasteiger partial charge in [0.1, 0.15) is 0 Å². The van der Waals surface area contributed by atoms with Crippen LogP contribution in [0.15, 0.2) is 58.3 Å². The minimum atomic E-state index is -3.65. The topological polar surface area (TPSA) is 151 Å². The molecule has 2 rings (SSSR count). The van der Waals surface area contributed by atoms with E-state index in [-0.39, 0.29) is 21.6 Å². The Morgan fingerprint density at radius 3 is 1.27 bits per heavy atom. The number of carbonyl (C=O) groups is 2. The molecule has 0 radical (unpaired) electrons. The fourth-order valence-corrected chi connectivity index (χ4v) is 3.24. The number of hydrogen-bond donors (Lipinski definition) is 2. The first-order valence-corrected chi connectivity index (χ1v) is 8.68. The van der Waals surface area contributed by atoms with Crippen LogP contribution in [0.3, 0.4) is 0 Å². The number of carbonyl (C=O) groups excluding carboxylic acids is 2. The molecule has 0 aliphatic carbocycles. The smallest absolute Gasteiger partial charge is 0.221 e. The van der Waals surface area contributed by atoms with Crippen LogP contribution in [0.2, 0.25) is 0 Å². The molecule has 2 amide bonds. The van der Waals surface area contributed by atoms with Crippen LogP contribution in [0.5, 0.6) is 0 Å². The van der Waals surface area contributed by atoms with Gasteiger partial charge in [-0.05, 0) is 48.5 Å². The van der Waals surface area contributed by atoms with E-state index in [1.54, 1.807) is 0 Å². The molecule has 9 nitrogen and oxygen atoms in total. The number of amides is 2. The van der Waals surface area contributed by atoms with E-state index in [4.69, 9.17) is 11.1 Å². The third-order valence-corrected chi connectivity index (χ3v) is 4.76. The van der Waals surface area contributed by atoms with Gasteiger partial charge in [-0.2, -0.15) is 0 Å². The molecule has 0 aliphatic rings. The molecule has 0 fully saturated rings. The molecule has 0 bridgehead atoms. The van der Waals surface area contributed by atoms with Crippen molar-refractivity contribution in [2.24, 2.45) is 0 Å². The predicted molar refractivity (Wildman–Crippen MR) is 97.0 cm³/mol. The standard InChI is InChI=1S/C16H16N2O4S.N3/c1-11(19)17-13-3-7-15(8-4-13)23(21,22)16-9-5-14(6-10-16)18-12(2)20;1-3-2/h3-10H,1-2H3,(H,17,19)(H,18,20);/q;-1. The van der Waals surface area contributed by atoms with Crippen LogP contribution in [-0.2, 0) is 19.4 Å². The summed E-state index contributed by atoms with van der Waals surface area (Å²) < 4.78 is 25.1. The summed E-state index contributed by atoms with van der Waals surface area (Å²) in [5, 5.41) is 5.15. The van der Waals surface area contributed by atoms with E-state index in [9.17, 15) is 18.0 Å². The van der Waals surface area contributed by atoms with Gasteiger partial charge in [0.05, 0.1) is 9.79 Å². The largest absolute Gasteiger partial charge is 0.373 e. The van der Waals surface area contributed by atoms with Crippen LogP contribution in [0, 0.1) is 0 Å². The van der Waals surface area contributed by atoms with Gasteiger partial charge in [-0.3, -0.25) is 14.5 Å². The molecule has 10 heteroatoms. The van der Waals surface area contributed by atoms with Crippen LogP contribution in [-0.4, -0.2) is 20.2 Å². The van der Waals surface area contributed by atoms with Crippen molar-refractivity contribution >= 4 is 33.0 Å². The predicted octanol–water partition coefficient (Wildman–Crippen LogP) is 3.30. The van der Waals surface area contributed by atoms with Gasteiger partial charge < -0.3 is 21.7 Å². The third kappa shape index (κ3) is 5.93. The summed E-state index contributed by atoms with van der Waals surface area (Å²) in [6, 6.07) is 11.8. The molecule has 0 heterocycles. The molecule has 0 aliphatic heterocycles. The van der Waals surface area contributed by atoms with Crippen LogP contribution >= 0.6 is 0 Å². The Labute approximate surface area is 150 Å². The van der Waals surface area contributed by atoms with Gasteiger partial charge in [0.15, 0.2) is 0 Å². The highest BCUT2D eigenvalue weighted by Gasteiger charge is 2.17. The SMILES string of the molecule is CC(=O)Nc1ccc(S(=O)(=O)c2ccc(NC(C)=O)cc2)cc1.[N-]=[N+]=[N-]. The number of benzene rings is 2. The zero-order valence-corrected chi connectivity index (χ0v) is 14.8. The van der Waals surface area contributed by atoms with Gasteiger partial charge in [0.2, 0.25) is 21.7 Å². The summed E-state index contributed by atoms with van der Waals surface area (Å²) in [6.07, 6.45) is 0. The highest BCUT2D eigenvalue weighted by Crippen LogP contribution is 2.23. The van der Waals surface area contributed by atoms with Crippen LogP contribution < -0.4 is 10.6 Å². The average molecular weight is 374 g/mol. The molecule has 2 aromatic rings. The second kappa shape index (κ2) is 9.21. The summed E-state index contributed by atoms with van der Waals surface area (Å²) in [5.74, 6) is -0.455. The summed E-state index contributed by atoms with van der Waals surface area (Å²) in [6.45, 7) is 2.75. The third-order valence-electron chi connectivity index (χ3n) is 2.97. The van der Waals surface area contributed by atoms with E-state index in [0.717, 1.165) is 0 Å². The molecule has 2 N–H and O–H groups in total. The van der Waals surface area contributed by atoms with Gasteiger partial charge in [-0.25, -0.2) is 8.42 Å². The molecule has 136 valence electrons. The summed E-state index contributed by atoms with van der Waals surface area (Å²) in [5.41, 5.74) is 14.6. The second-order valence-electron chi connectivity index (χ2n) is 5.00. The second-order valence-corrected chi connectivity index (χ2v) is 6.95. The van der Waals surface area contributed by atoms with Gasteiger partial charge >= 0.3 is 0 Å². The lowest BCUT2D eigenvalue weighted by molar-refractivity contribution is -0.115. The van der Waals surface area contributed by atoms with Gasteiger partial charge in [0, 0.05) is 25.2 Å². The minimum Gasteiger partial charge on any atom is -0.373 e. The van der Waals surface area contributed by atoms with Crippen LogP contribution in [0.25, 0.3) is 16.0 Å². The maximum atomic E-state index is 12.5. The normalized spacial score (nSPS) is 9.92. The van der Waals surface area contributed by atoms with Crippen molar-refractivity contribution in [1.29, 1.82) is 0 Å². The molecule has 0 spiro atoms. The number of nitrogens with one attached hydrogen (secondary N) is 2. The van der Waals surface area contributed by atoms with Gasteiger partial charge in [0.25, 0.3) is 0 Å². The van der Waals surface area contributed by atoms with E-state index in [0.29, 0.717) is 11.4 Å². The highest BCUT2D eigenvalue weighted by molar-refractivity contribution is 7.91. The fourth-order valence-electron chi connectivity index (χ4n) is 1.98. The molecule has 0 atom stereocenters. The monoisotopic (exact) mass is 374 g/mol. The first-order valence-electron chi connectivity index (χ1n) is 7.19. The van der Waals surface area contributed by atoms with Crippen molar-refractivity contribution in [3.05, 3.63) is 64.5 Å². The first-order chi connectivity index (χ1) is 12.2. The summed E-state index contributed by atoms with van der Waals surface area (Å²) in [7, 11) is -3.65. The number of rotatable bonds is 4. The lowest BCUT2D eigenvalue weighted by atomic mass is 10.3. The number of nitrogens with zero attached hydrogens (tertiary/aromatic N) is 3. The minimum absolute atomic E-state index is 0.124. The Morgan fingerprint density at radius 2 is 1.04 bits per heavy atom. The Bertz CT molecular complexity index is 851. The quantitative estimate of drug-likeness (QED) is 0.479. The Kier molecular flexibility index (Phi) is 7.33. The van der Waals surface area contributed by atoms with Crippen LogP contribution in [0.4, 0.5) is 11.4 Å². The Balaban J connectivity index is 0.00000105. The maximum Gasteiger partial charge on any atom is 0.221 e. The van der Waals surface area contributed by atoms with Crippen molar-refractivity contribution < 1.29 is 18.0 Å². The van der Waals surface area contributed by atoms with Gasteiger partial charge in [-0.15, -0.1) is 0 Å². The molecular weight excluding hydrogens is 358 g/mol. The highest BCUT2D eigenvalue weighted by atomic mass is 32.2. The number of hydrogen-bond acceptors (Lipinski definition) is 4. The lowest BCUT2D eigenvalue weighted by Crippen LogP contribution is -2.07. The molecular formula is C16H16N5O4S-. The lowest BCUT2D eigenvalue weighted by Gasteiger charge is -2.08. The van der Waals surface area contributed by atoms with E-state index in [1.807, 2.05) is 0 Å². The van der Waals surface area contributed by atoms with Crippen molar-refractivity contribution in [1.82, 2.24) is 0 Å². The zero-order chi connectivity index (χ0) is 19.7. The van der Waals surface area contributed by atoms with Crippen molar-refractivity contribution in [3.63, 3.8) is 0 Å². The first kappa shape index (κ1) is 20.7. The van der Waals surface area contributed by atoms with Crippen molar-refractivity contribution in [2.75, 3.05) is 10.6 Å². The molecule has 0 aromatic heterocycles. The summed E-state index contributed by atoms with van der Waals surface area (Å²) >= 11 is 0. The molecule has 0 saturated carbocycles. The van der Waals surface area contributed by atoms with E-state index >= 15 is 0 Å². The zero-order valence-electron chi connectivity index (χ0n) is 14.0. The van der Waals surface area contributed by atoms with E-state index in [2.05, 4.69) is 10.6 Å². The van der Waals surface area contributed by atoms with Crippen LogP contribution in [0.1, 0.15) is 13.8 Å². The van der Waals surface area contributed by atoms with Crippen molar-refractivity contribution in [3.8, 4) is 0 Å². The Hall–Kier alpha value is -3.36. The Morgan fingerprint density at radius 1 is 0.769 bits per heavy atom. The van der Waals surface area contributed by atoms with Gasteiger partial charge in [-0.1, -0.05) is 0 Å². The van der Waals surface area contributed by atoms with E-state index < -0.39 is 9.84 Å². The molecule has 26 heavy (non-hydrogen) atoms. The van der Waals surface area contributed by atoms with Crippen molar-refractivity contribution in [2.45, 2.75) is 23.6 Å². The number of anilines is 2. The van der Waals surface area contributed by atoms with E-state index in [1.165, 1.54) is 67.3 Å². The fraction of sp³-hybridized carbons (Fsp3) is 0.125. The average Bonchev–Trinajstić information content (AvgIpc) is 2.55. The summed E-state index contributed by atoms with van der Waals surface area (Å²) in [4.78, 5) is 23.7. The maximum absolute atomic E-state index is 12.5.